The molecule has 1 aromatic carbocycles. The number of sulfonamides is 1. The highest BCUT2D eigenvalue weighted by Gasteiger charge is 2.41. The molecule has 0 bridgehead atoms. The summed E-state index contributed by atoms with van der Waals surface area (Å²) in [5.74, 6) is -1.77. The molecule has 1 heterocycles. The van der Waals surface area contributed by atoms with Crippen LogP contribution in [0.2, 0.25) is 0 Å². The van der Waals surface area contributed by atoms with Gasteiger partial charge in [-0.25, -0.2) is 17.5 Å². The molecule has 1 unspecified atom stereocenters. The molecule has 1 aliphatic rings. The van der Waals surface area contributed by atoms with Crippen molar-refractivity contribution >= 4 is 21.9 Å². The Hall–Kier alpha value is -1.89. The van der Waals surface area contributed by atoms with Crippen LogP contribution in [0.15, 0.2) is 23.1 Å². The number of carbonyl (C=O) groups is 2. The van der Waals surface area contributed by atoms with Crippen LogP contribution in [0, 0.1) is 5.92 Å². The van der Waals surface area contributed by atoms with Gasteiger partial charge in [-0.05, 0) is 24.1 Å². The first-order chi connectivity index (χ1) is 9.28. The van der Waals surface area contributed by atoms with Crippen LogP contribution in [-0.4, -0.2) is 36.3 Å². The normalized spacial score (nSPS) is 17.9. The van der Waals surface area contributed by atoms with Crippen molar-refractivity contribution in [1.29, 1.82) is 0 Å². The van der Waals surface area contributed by atoms with E-state index in [-0.39, 0.29) is 28.5 Å². The minimum absolute atomic E-state index is 0.0401. The van der Waals surface area contributed by atoms with Crippen molar-refractivity contribution in [2.24, 2.45) is 5.92 Å². The summed E-state index contributed by atoms with van der Waals surface area (Å²) < 4.78 is 25.5. The summed E-state index contributed by atoms with van der Waals surface area (Å²) in [6, 6.07) is 3.54. The summed E-state index contributed by atoms with van der Waals surface area (Å²) in [7, 11) is -3.94. The summed E-state index contributed by atoms with van der Waals surface area (Å²) in [4.78, 5) is 22.8. The molecule has 108 valence electrons. The smallest absolute Gasteiger partial charge is 0.335 e. The van der Waals surface area contributed by atoms with Crippen molar-refractivity contribution in [3.05, 3.63) is 29.3 Å². The first kappa shape index (κ1) is 14.5. The lowest BCUT2D eigenvalue weighted by atomic mass is 10.1. The van der Waals surface area contributed by atoms with Crippen LogP contribution in [0.5, 0.6) is 0 Å². The second-order valence-electron chi connectivity index (χ2n) is 4.87. The molecule has 6 nitrogen and oxygen atoms in total. The molecule has 0 fully saturated rings. The Labute approximate surface area is 117 Å². The zero-order valence-corrected chi connectivity index (χ0v) is 12.0. The fourth-order valence-corrected chi connectivity index (χ4v) is 3.71. The van der Waals surface area contributed by atoms with E-state index < -0.39 is 21.9 Å². The highest BCUT2D eigenvalue weighted by Crippen LogP contribution is 2.31. The molecular weight excluding hydrogens is 282 g/mol. The van der Waals surface area contributed by atoms with Gasteiger partial charge in [-0.1, -0.05) is 20.3 Å². The third-order valence-electron chi connectivity index (χ3n) is 3.43. The number of fused-ring (bicyclic) bond motifs is 1. The maximum Gasteiger partial charge on any atom is 0.335 e. The number of hydrogen-bond donors (Lipinski definition) is 1. The zero-order valence-electron chi connectivity index (χ0n) is 11.2. The van der Waals surface area contributed by atoms with Crippen molar-refractivity contribution in [3.8, 4) is 0 Å². The van der Waals surface area contributed by atoms with Gasteiger partial charge in [0.1, 0.15) is 4.90 Å². The van der Waals surface area contributed by atoms with Crippen LogP contribution < -0.4 is 0 Å². The van der Waals surface area contributed by atoms with Crippen LogP contribution in [0.25, 0.3) is 0 Å². The molecule has 0 saturated carbocycles. The number of hydrogen-bond acceptors (Lipinski definition) is 4. The first-order valence-corrected chi connectivity index (χ1v) is 7.67. The lowest BCUT2D eigenvalue weighted by Gasteiger charge is -2.18. The minimum Gasteiger partial charge on any atom is -0.478 e. The second-order valence-corrected chi connectivity index (χ2v) is 6.70. The minimum atomic E-state index is -3.94. The van der Waals surface area contributed by atoms with Gasteiger partial charge in [-0.2, -0.15) is 0 Å². The van der Waals surface area contributed by atoms with Gasteiger partial charge in [0.2, 0.25) is 0 Å². The average Bonchev–Trinajstić information content (AvgIpc) is 2.59. The fraction of sp³-hybridized carbons (Fsp3) is 0.385. The SMILES string of the molecule is CCC(C)CN1C(=O)c2ccc(C(=O)O)cc2S1(=O)=O. The second kappa shape index (κ2) is 4.90. The van der Waals surface area contributed by atoms with Gasteiger partial charge in [0, 0.05) is 6.54 Å². The zero-order chi connectivity index (χ0) is 15.1. The maximum absolute atomic E-state index is 12.3. The molecule has 0 spiro atoms. The number of amides is 1. The molecule has 7 heteroatoms. The van der Waals surface area contributed by atoms with Gasteiger partial charge in [-0.15, -0.1) is 0 Å². The Morgan fingerprint density at radius 2 is 2.05 bits per heavy atom. The Kier molecular flexibility index (Phi) is 3.56. The van der Waals surface area contributed by atoms with Crippen LogP contribution >= 0.6 is 0 Å². The number of nitrogens with zero attached hydrogens (tertiary/aromatic N) is 1. The van der Waals surface area contributed by atoms with Gasteiger partial charge in [0.05, 0.1) is 11.1 Å². The standard InChI is InChI=1S/C13H15NO5S/c1-3-8(2)7-14-12(15)10-5-4-9(13(16)17)6-11(10)20(14,18)19/h4-6,8H,3,7H2,1-2H3,(H,16,17). The number of carboxylic acid groups (broad SMARTS) is 1. The quantitative estimate of drug-likeness (QED) is 0.910. The molecule has 1 atom stereocenters. The van der Waals surface area contributed by atoms with E-state index in [4.69, 9.17) is 5.11 Å². The van der Waals surface area contributed by atoms with Gasteiger partial charge in [0.15, 0.2) is 0 Å². The molecule has 1 aromatic rings. The van der Waals surface area contributed by atoms with Crippen LogP contribution in [0.1, 0.15) is 41.0 Å². The summed E-state index contributed by atoms with van der Waals surface area (Å²) in [6.45, 7) is 3.87. The predicted octanol–water partition coefficient (Wildman–Crippen LogP) is 1.58. The lowest BCUT2D eigenvalue weighted by Crippen LogP contribution is -2.33. The molecule has 0 radical (unpaired) electrons. The van der Waals surface area contributed by atoms with E-state index >= 15 is 0 Å². The summed E-state index contributed by atoms with van der Waals surface area (Å²) >= 11 is 0. The van der Waals surface area contributed by atoms with E-state index in [9.17, 15) is 18.0 Å². The largest absolute Gasteiger partial charge is 0.478 e. The number of carbonyl (C=O) groups excluding carboxylic acids is 1. The Morgan fingerprint density at radius 1 is 1.40 bits per heavy atom. The van der Waals surface area contributed by atoms with E-state index in [0.29, 0.717) is 0 Å². The summed E-state index contributed by atoms with van der Waals surface area (Å²) in [5.41, 5.74) is -0.108. The Balaban J connectivity index is 2.51. The molecule has 20 heavy (non-hydrogen) atoms. The third-order valence-corrected chi connectivity index (χ3v) is 5.22. The van der Waals surface area contributed by atoms with E-state index in [1.807, 2.05) is 13.8 Å². The van der Waals surface area contributed by atoms with Crippen molar-refractivity contribution in [3.63, 3.8) is 0 Å². The number of carboxylic acids is 1. The first-order valence-electron chi connectivity index (χ1n) is 6.23. The molecule has 2 rings (SSSR count). The van der Waals surface area contributed by atoms with Crippen molar-refractivity contribution in [2.75, 3.05) is 6.54 Å². The highest BCUT2D eigenvalue weighted by atomic mass is 32.2. The number of rotatable bonds is 4. The van der Waals surface area contributed by atoms with Crippen molar-refractivity contribution in [1.82, 2.24) is 4.31 Å². The average molecular weight is 297 g/mol. The summed E-state index contributed by atoms with van der Waals surface area (Å²) in [5, 5.41) is 8.91. The maximum atomic E-state index is 12.3. The Morgan fingerprint density at radius 3 is 2.60 bits per heavy atom. The van der Waals surface area contributed by atoms with E-state index in [0.717, 1.165) is 16.8 Å². The molecule has 1 amide bonds. The van der Waals surface area contributed by atoms with E-state index in [1.165, 1.54) is 12.1 Å². The van der Waals surface area contributed by atoms with Crippen LogP contribution in [-0.2, 0) is 10.0 Å². The molecular formula is C13H15NO5S. The summed E-state index contributed by atoms with van der Waals surface area (Å²) in [6.07, 6.45) is 0.746. The molecule has 1 N–H and O–H groups in total. The van der Waals surface area contributed by atoms with E-state index in [1.54, 1.807) is 0 Å². The fourth-order valence-electron chi connectivity index (χ4n) is 2.00. The Bertz CT molecular complexity index is 680. The van der Waals surface area contributed by atoms with Crippen molar-refractivity contribution < 1.29 is 23.1 Å². The van der Waals surface area contributed by atoms with Gasteiger partial charge >= 0.3 is 5.97 Å². The van der Waals surface area contributed by atoms with E-state index in [2.05, 4.69) is 0 Å². The predicted molar refractivity (Wildman–Crippen MR) is 71.1 cm³/mol. The monoisotopic (exact) mass is 297 g/mol. The number of aromatic carboxylic acids is 1. The lowest BCUT2D eigenvalue weighted by molar-refractivity contribution is 0.0695. The van der Waals surface area contributed by atoms with Crippen molar-refractivity contribution in [2.45, 2.75) is 25.2 Å². The molecule has 0 aromatic heterocycles. The molecule has 0 aliphatic carbocycles. The molecule has 0 saturated heterocycles. The number of benzene rings is 1. The van der Waals surface area contributed by atoms with Gasteiger partial charge in [0.25, 0.3) is 15.9 Å². The third kappa shape index (κ3) is 2.18. The van der Waals surface area contributed by atoms with Crippen LogP contribution in [0.3, 0.4) is 0 Å². The molecule has 1 aliphatic heterocycles. The highest BCUT2D eigenvalue weighted by molar-refractivity contribution is 7.90. The van der Waals surface area contributed by atoms with Gasteiger partial charge < -0.3 is 5.11 Å². The topological polar surface area (TPSA) is 91.8 Å². The van der Waals surface area contributed by atoms with Gasteiger partial charge in [-0.3, -0.25) is 4.79 Å². The van der Waals surface area contributed by atoms with Crippen LogP contribution in [0.4, 0.5) is 0 Å².